The van der Waals surface area contributed by atoms with Crippen LogP contribution in [0.4, 0.5) is 0 Å². The zero-order chi connectivity index (χ0) is 20.7. The largest absolute Gasteiger partial charge is 0.486 e. The van der Waals surface area contributed by atoms with Crippen LogP contribution in [-0.2, 0) is 10.0 Å². The second kappa shape index (κ2) is 7.88. The predicted octanol–water partition coefficient (Wildman–Crippen LogP) is 3.95. The molecule has 158 valence electrons. The first kappa shape index (κ1) is 19.9. The van der Waals surface area contributed by atoms with E-state index >= 15 is 0 Å². The highest BCUT2D eigenvalue weighted by Crippen LogP contribution is 2.35. The Morgan fingerprint density at radius 3 is 2.63 bits per heavy atom. The Bertz CT molecular complexity index is 1190. The SMILES string of the molecule is O=S(=O)(c1ccc2c(c1)OCCO2)N1CCC(Oc2nc3c(Cl)cccc3s2)CC1. The van der Waals surface area contributed by atoms with E-state index in [0.29, 0.717) is 60.9 Å². The van der Waals surface area contributed by atoms with Gasteiger partial charge < -0.3 is 14.2 Å². The molecule has 5 rings (SSSR count). The number of fused-ring (bicyclic) bond motifs is 2. The molecule has 0 unspecified atom stereocenters. The first-order valence-corrected chi connectivity index (χ1v) is 12.3. The molecule has 0 amide bonds. The van der Waals surface area contributed by atoms with E-state index in [1.807, 2.05) is 12.1 Å². The minimum absolute atomic E-state index is 0.0870. The molecule has 3 aromatic rings. The van der Waals surface area contributed by atoms with Crippen LogP contribution in [0.15, 0.2) is 41.3 Å². The number of hydrogen-bond acceptors (Lipinski definition) is 7. The number of benzene rings is 2. The topological polar surface area (TPSA) is 78.0 Å². The minimum Gasteiger partial charge on any atom is -0.486 e. The molecule has 10 heteroatoms. The third kappa shape index (κ3) is 3.71. The summed E-state index contributed by atoms with van der Waals surface area (Å²) in [5.74, 6) is 1.04. The number of nitrogens with zero attached hydrogens (tertiary/aromatic N) is 2. The van der Waals surface area contributed by atoms with Crippen LogP contribution in [0.5, 0.6) is 16.7 Å². The van der Waals surface area contributed by atoms with E-state index in [-0.39, 0.29) is 11.0 Å². The summed E-state index contributed by atoms with van der Waals surface area (Å²) in [7, 11) is -3.61. The van der Waals surface area contributed by atoms with Crippen molar-refractivity contribution in [2.75, 3.05) is 26.3 Å². The number of hydrogen-bond donors (Lipinski definition) is 0. The second-order valence-corrected chi connectivity index (χ2v) is 10.4. The molecule has 0 aliphatic carbocycles. The van der Waals surface area contributed by atoms with E-state index in [1.54, 1.807) is 18.2 Å². The van der Waals surface area contributed by atoms with Crippen LogP contribution < -0.4 is 14.2 Å². The third-order valence-corrected chi connectivity index (χ3v) is 8.28. The van der Waals surface area contributed by atoms with Crippen molar-refractivity contribution in [3.8, 4) is 16.7 Å². The fraction of sp³-hybridized carbons (Fsp3) is 0.350. The molecule has 7 nitrogen and oxygen atoms in total. The minimum atomic E-state index is -3.61. The lowest BCUT2D eigenvalue weighted by atomic mass is 10.1. The molecule has 2 aliphatic rings. The number of piperidine rings is 1. The lowest BCUT2D eigenvalue weighted by molar-refractivity contribution is 0.135. The Kier molecular flexibility index (Phi) is 5.22. The maximum Gasteiger partial charge on any atom is 0.274 e. The molecule has 0 bridgehead atoms. The van der Waals surface area contributed by atoms with Gasteiger partial charge in [-0.15, -0.1) is 0 Å². The van der Waals surface area contributed by atoms with Crippen LogP contribution in [0.3, 0.4) is 0 Å². The third-order valence-electron chi connectivity index (χ3n) is 5.17. The van der Waals surface area contributed by atoms with Crippen LogP contribution in [-0.4, -0.2) is 50.1 Å². The van der Waals surface area contributed by atoms with Crippen molar-refractivity contribution < 1.29 is 22.6 Å². The average Bonchev–Trinajstić information content (AvgIpc) is 3.18. The number of thiazole rings is 1. The predicted molar refractivity (Wildman–Crippen MR) is 114 cm³/mol. The van der Waals surface area contributed by atoms with E-state index in [1.165, 1.54) is 21.7 Å². The van der Waals surface area contributed by atoms with E-state index in [9.17, 15) is 8.42 Å². The average molecular weight is 467 g/mol. The number of rotatable bonds is 4. The van der Waals surface area contributed by atoms with Crippen LogP contribution in [0.1, 0.15) is 12.8 Å². The molecule has 0 spiro atoms. The van der Waals surface area contributed by atoms with Crippen LogP contribution in [0.25, 0.3) is 10.2 Å². The summed E-state index contributed by atoms with van der Waals surface area (Å²) in [6.07, 6.45) is 1.09. The molecular weight excluding hydrogens is 448 g/mol. The standard InChI is InChI=1S/C20H19ClN2O5S2/c21-15-2-1-3-18-19(15)22-20(29-18)28-13-6-8-23(9-7-13)30(24,25)14-4-5-16-17(12-14)27-11-10-26-16/h1-5,12-13H,6-11H2. The van der Waals surface area contributed by atoms with Gasteiger partial charge >= 0.3 is 0 Å². The molecule has 1 saturated heterocycles. The maximum absolute atomic E-state index is 13.1. The number of aromatic nitrogens is 1. The molecule has 3 heterocycles. The fourth-order valence-corrected chi connectivity index (χ4v) is 6.28. The van der Waals surface area contributed by atoms with Gasteiger partial charge in [0.2, 0.25) is 10.0 Å². The van der Waals surface area contributed by atoms with Crippen LogP contribution in [0.2, 0.25) is 5.02 Å². The van der Waals surface area contributed by atoms with Gasteiger partial charge in [-0.2, -0.15) is 4.31 Å². The number of halogens is 1. The summed E-state index contributed by atoms with van der Waals surface area (Å²) in [5.41, 5.74) is 0.734. The zero-order valence-corrected chi connectivity index (χ0v) is 18.3. The Hall–Kier alpha value is -2.07. The summed E-state index contributed by atoms with van der Waals surface area (Å²) in [6, 6.07) is 10.4. The van der Waals surface area contributed by atoms with Gasteiger partial charge in [0, 0.05) is 19.2 Å². The van der Waals surface area contributed by atoms with Gasteiger partial charge in [0.15, 0.2) is 11.5 Å². The van der Waals surface area contributed by atoms with E-state index < -0.39 is 10.0 Å². The maximum atomic E-state index is 13.1. The first-order chi connectivity index (χ1) is 14.5. The summed E-state index contributed by atoms with van der Waals surface area (Å²) < 4.78 is 45.6. The van der Waals surface area contributed by atoms with Crippen LogP contribution >= 0.6 is 22.9 Å². The molecule has 0 N–H and O–H groups in total. The summed E-state index contributed by atoms with van der Waals surface area (Å²) >= 11 is 7.63. The Morgan fingerprint density at radius 1 is 1.10 bits per heavy atom. The van der Waals surface area contributed by atoms with Crippen molar-refractivity contribution in [3.05, 3.63) is 41.4 Å². The highest BCUT2D eigenvalue weighted by Gasteiger charge is 2.31. The van der Waals surface area contributed by atoms with Crippen molar-refractivity contribution in [2.45, 2.75) is 23.8 Å². The number of para-hydroxylation sites is 1. The lowest BCUT2D eigenvalue weighted by Gasteiger charge is -2.31. The molecule has 2 aromatic carbocycles. The number of sulfonamides is 1. The molecule has 0 saturated carbocycles. The Balaban J connectivity index is 1.26. The summed E-state index contributed by atoms with van der Waals surface area (Å²) in [5, 5.41) is 1.16. The van der Waals surface area contributed by atoms with Gasteiger partial charge in [-0.05, 0) is 37.1 Å². The quantitative estimate of drug-likeness (QED) is 0.579. The van der Waals surface area contributed by atoms with Crippen molar-refractivity contribution >= 4 is 43.2 Å². The van der Waals surface area contributed by atoms with Gasteiger partial charge in [0.05, 0.1) is 14.6 Å². The smallest absolute Gasteiger partial charge is 0.274 e. The summed E-state index contributed by atoms with van der Waals surface area (Å²) in [6.45, 7) is 1.64. The fourth-order valence-electron chi connectivity index (χ4n) is 3.61. The molecule has 0 atom stereocenters. The highest BCUT2D eigenvalue weighted by atomic mass is 35.5. The molecule has 1 fully saturated rings. The number of ether oxygens (including phenoxy) is 3. The Labute approximate surface area is 183 Å². The monoisotopic (exact) mass is 466 g/mol. The molecule has 2 aliphatic heterocycles. The Morgan fingerprint density at radius 2 is 1.87 bits per heavy atom. The molecule has 1 aromatic heterocycles. The lowest BCUT2D eigenvalue weighted by Crippen LogP contribution is -2.41. The van der Waals surface area contributed by atoms with Gasteiger partial charge in [0.1, 0.15) is 24.8 Å². The van der Waals surface area contributed by atoms with Gasteiger partial charge in [-0.3, -0.25) is 0 Å². The first-order valence-electron chi connectivity index (χ1n) is 9.62. The van der Waals surface area contributed by atoms with Gasteiger partial charge in [-0.25, -0.2) is 13.4 Å². The van der Waals surface area contributed by atoms with Crippen molar-refractivity contribution in [2.24, 2.45) is 0 Å². The van der Waals surface area contributed by atoms with E-state index in [4.69, 9.17) is 25.8 Å². The molecular formula is C20H19ClN2O5S2. The van der Waals surface area contributed by atoms with E-state index in [2.05, 4.69) is 4.98 Å². The second-order valence-electron chi connectivity index (χ2n) is 7.09. The zero-order valence-electron chi connectivity index (χ0n) is 15.9. The normalized spacial score (nSPS) is 17.9. The summed E-state index contributed by atoms with van der Waals surface area (Å²) in [4.78, 5) is 4.68. The van der Waals surface area contributed by atoms with Gasteiger partial charge in [-0.1, -0.05) is 29.0 Å². The van der Waals surface area contributed by atoms with Crippen molar-refractivity contribution in [3.63, 3.8) is 0 Å². The highest BCUT2D eigenvalue weighted by molar-refractivity contribution is 7.89. The van der Waals surface area contributed by atoms with E-state index in [0.717, 1.165) is 10.2 Å². The van der Waals surface area contributed by atoms with Crippen LogP contribution in [0, 0.1) is 0 Å². The molecule has 0 radical (unpaired) electrons. The molecule has 30 heavy (non-hydrogen) atoms. The van der Waals surface area contributed by atoms with Gasteiger partial charge in [0.25, 0.3) is 5.19 Å². The van der Waals surface area contributed by atoms with Crippen molar-refractivity contribution in [1.82, 2.24) is 9.29 Å². The van der Waals surface area contributed by atoms with Crippen molar-refractivity contribution in [1.29, 1.82) is 0 Å².